The maximum absolute atomic E-state index is 3.90. The highest BCUT2D eigenvalue weighted by atomic mass is 79.9. The molecule has 1 rings (SSSR count). The molecule has 0 aromatic carbocycles. The Hall–Kier alpha value is -0.380. The molecule has 3 nitrogen and oxygen atoms in total. The average Bonchev–Trinajstić information content (AvgIpc) is 2.18. The molecule has 0 spiro atoms. The predicted octanol–water partition coefficient (Wildman–Crippen LogP) is 1.78. The van der Waals surface area contributed by atoms with Crippen molar-refractivity contribution in [2.24, 2.45) is 13.0 Å². The lowest BCUT2D eigenvalue weighted by atomic mass is 10.1. The van der Waals surface area contributed by atoms with Gasteiger partial charge in [0, 0.05) is 7.05 Å². The molecule has 62 valence electrons. The van der Waals surface area contributed by atoms with Crippen LogP contribution in [-0.4, -0.2) is 15.0 Å². The third kappa shape index (κ3) is 2.02. The van der Waals surface area contributed by atoms with Gasteiger partial charge in [-0.05, 0) is 28.3 Å². The van der Waals surface area contributed by atoms with Gasteiger partial charge in [-0.2, -0.15) is 0 Å². The zero-order valence-electron chi connectivity index (χ0n) is 7.00. The number of aromatic nitrogens is 3. The predicted molar refractivity (Wildman–Crippen MR) is 47.2 cm³/mol. The minimum Gasteiger partial charge on any atom is -0.251 e. The molecule has 0 unspecified atom stereocenters. The Balaban J connectivity index is 2.83. The Labute approximate surface area is 74.9 Å². The number of rotatable bonds is 2. The van der Waals surface area contributed by atoms with E-state index < -0.39 is 0 Å². The SMILES string of the molecule is CC(C)Cc1c(Br)nnn1C. The fourth-order valence-corrected chi connectivity index (χ4v) is 1.44. The molecule has 1 aromatic heterocycles. The molecular formula is C7H12BrN3. The van der Waals surface area contributed by atoms with Gasteiger partial charge in [0.2, 0.25) is 0 Å². The van der Waals surface area contributed by atoms with E-state index in [0.29, 0.717) is 5.92 Å². The van der Waals surface area contributed by atoms with E-state index in [9.17, 15) is 0 Å². The van der Waals surface area contributed by atoms with Gasteiger partial charge in [0.05, 0.1) is 5.69 Å². The largest absolute Gasteiger partial charge is 0.251 e. The first kappa shape index (κ1) is 8.71. The Morgan fingerprint density at radius 2 is 2.18 bits per heavy atom. The lowest BCUT2D eigenvalue weighted by Gasteiger charge is -2.03. The molecule has 1 aromatic rings. The summed E-state index contributed by atoms with van der Waals surface area (Å²) >= 11 is 3.35. The zero-order valence-corrected chi connectivity index (χ0v) is 8.59. The van der Waals surface area contributed by atoms with Crippen molar-refractivity contribution in [1.29, 1.82) is 0 Å². The van der Waals surface area contributed by atoms with Crippen LogP contribution in [0.2, 0.25) is 0 Å². The van der Waals surface area contributed by atoms with Crippen LogP contribution in [-0.2, 0) is 13.5 Å². The van der Waals surface area contributed by atoms with Crippen LogP contribution in [0.3, 0.4) is 0 Å². The number of nitrogens with zero attached hydrogens (tertiary/aromatic N) is 3. The van der Waals surface area contributed by atoms with Gasteiger partial charge in [0.1, 0.15) is 0 Å². The zero-order chi connectivity index (χ0) is 8.43. The van der Waals surface area contributed by atoms with Crippen LogP contribution in [0.1, 0.15) is 19.5 Å². The summed E-state index contributed by atoms with van der Waals surface area (Å²) in [4.78, 5) is 0. The lowest BCUT2D eigenvalue weighted by Crippen LogP contribution is -2.02. The molecule has 0 aliphatic rings. The van der Waals surface area contributed by atoms with E-state index >= 15 is 0 Å². The first-order valence-corrected chi connectivity index (χ1v) is 4.44. The molecular weight excluding hydrogens is 206 g/mol. The van der Waals surface area contributed by atoms with Crippen LogP contribution in [0.25, 0.3) is 0 Å². The fraction of sp³-hybridized carbons (Fsp3) is 0.714. The fourth-order valence-electron chi connectivity index (χ4n) is 0.955. The summed E-state index contributed by atoms with van der Waals surface area (Å²) in [5, 5.41) is 7.79. The molecule has 0 saturated heterocycles. The summed E-state index contributed by atoms with van der Waals surface area (Å²) < 4.78 is 2.68. The number of aryl methyl sites for hydroxylation is 1. The molecule has 0 N–H and O–H groups in total. The van der Waals surface area contributed by atoms with Gasteiger partial charge in [-0.25, -0.2) is 0 Å². The summed E-state index contributed by atoms with van der Waals surface area (Å²) in [7, 11) is 1.91. The lowest BCUT2D eigenvalue weighted by molar-refractivity contribution is 0.589. The minimum absolute atomic E-state index is 0.642. The molecule has 0 fully saturated rings. The van der Waals surface area contributed by atoms with Gasteiger partial charge in [-0.3, -0.25) is 4.68 Å². The Bertz CT molecular complexity index is 222. The van der Waals surface area contributed by atoms with Gasteiger partial charge >= 0.3 is 0 Å². The second kappa shape index (κ2) is 3.34. The monoisotopic (exact) mass is 217 g/mol. The first-order valence-electron chi connectivity index (χ1n) is 3.65. The van der Waals surface area contributed by atoms with E-state index in [1.807, 2.05) is 11.7 Å². The maximum atomic E-state index is 3.90. The maximum Gasteiger partial charge on any atom is 0.151 e. The molecule has 0 aliphatic carbocycles. The second-order valence-electron chi connectivity index (χ2n) is 3.05. The molecule has 1 heterocycles. The van der Waals surface area contributed by atoms with Crippen molar-refractivity contribution in [2.45, 2.75) is 20.3 Å². The normalized spacial score (nSPS) is 11.0. The van der Waals surface area contributed by atoms with Crippen molar-refractivity contribution in [3.63, 3.8) is 0 Å². The summed E-state index contributed by atoms with van der Waals surface area (Å²) in [6.45, 7) is 4.36. The van der Waals surface area contributed by atoms with Crippen LogP contribution in [0.15, 0.2) is 4.60 Å². The molecule has 0 saturated carbocycles. The highest BCUT2D eigenvalue weighted by Gasteiger charge is 2.08. The molecule has 4 heteroatoms. The second-order valence-corrected chi connectivity index (χ2v) is 3.80. The molecule has 0 aliphatic heterocycles. The molecule has 11 heavy (non-hydrogen) atoms. The van der Waals surface area contributed by atoms with Crippen LogP contribution in [0.5, 0.6) is 0 Å². The van der Waals surface area contributed by atoms with Crippen molar-refractivity contribution in [3.05, 3.63) is 10.3 Å². The van der Waals surface area contributed by atoms with E-state index in [4.69, 9.17) is 0 Å². The van der Waals surface area contributed by atoms with Crippen molar-refractivity contribution < 1.29 is 0 Å². The third-order valence-corrected chi connectivity index (χ3v) is 2.11. The van der Waals surface area contributed by atoms with E-state index in [1.54, 1.807) is 0 Å². The van der Waals surface area contributed by atoms with Gasteiger partial charge < -0.3 is 0 Å². The van der Waals surface area contributed by atoms with Crippen LogP contribution >= 0.6 is 15.9 Å². The van der Waals surface area contributed by atoms with Crippen LogP contribution in [0, 0.1) is 5.92 Å². The molecule has 0 bridgehead atoms. The van der Waals surface area contributed by atoms with Crippen molar-refractivity contribution in [3.8, 4) is 0 Å². The first-order chi connectivity index (χ1) is 5.11. The topological polar surface area (TPSA) is 30.7 Å². The highest BCUT2D eigenvalue weighted by Crippen LogP contribution is 2.15. The van der Waals surface area contributed by atoms with Gasteiger partial charge in [0.15, 0.2) is 4.60 Å². The summed E-state index contributed by atoms with van der Waals surface area (Å²) in [6, 6.07) is 0. The Kier molecular flexibility index (Phi) is 2.65. The van der Waals surface area contributed by atoms with Gasteiger partial charge in [0.25, 0.3) is 0 Å². The molecule has 0 radical (unpaired) electrons. The summed E-state index contributed by atoms with van der Waals surface area (Å²) in [5.74, 6) is 0.642. The van der Waals surface area contributed by atoms with E-state index in [2.05, 4.69) is 40.1 Å². The van der Waals surface area contributed by atoms with Gasteiger partial charge in [-0.15, -0.1) is 5.10 Å². The molecule has 0 atom stereocenters. The highest BCUT2D eigenvalue weighted by molar-refractivity contribution is 9.10. The Morgan fingerprint density at radius 3 is 2.55 bits per heavy atom. The number of hydrogen-bond donors (Lipinski definition) is 0. The van der Waals surface area contributed by atoms with Crippen molar-refractivity contribution in [2.75, 3.05) is 0 Å². The van der Waals surface area contributed by atoms with E-state index in [1.165, 1.54) is 5.69 Å². The van der Waals surface area contributed by atoms with Gasteiger partial charge in [-0.1, -0.05) is 19.1 Å². The van der Waals surface area contributed by atoms with Crippen LogP contribution in [0.4, 0.5) is 0 Å². The molecule has 0 amide bonds. The quantitative estimate of drug-likeness (QED) is 0.757. The average molecular weight is 218 g/mol. The van der Waals surface area contributed by atoms with Crippen LogP contribution < -0.4 is 0 Å². The van der Waals surface area contributed by atoms with E-state index in [0.717, 1.165) is 11.0 Å². The standard InChI is InChI=1S/C7H12BrN3/c1-5(2)4-6-7(8)9-10-11(6)3/h5H,4H2,1-3H3. The summed E-state index contributed by atoms with van der Waals surface area (Å²) in [6.07, 6.45) is 1.02. The summed E-state index contributed by atoms with van der Waals surface area (Å²) in [5.41, 5.74) is 1.17. The van der Waals surface area contributed by atoms with Crippen molar-refractivity contribution in [1.82, 2.24) is 15.0 Å². The number of hydrogen-bond acceptors (Lipinski definition) is 2. The van der Waals surface area contributed by atoms with E-state index in [-0.39, 0.29) is 0 Å². The Morgan fingerprint density at radius 1 is 1.55 bits per heavy atom. The smallest absolute Gasteiger partial charge is 0.151 e. The van der Waals surface area contributed by atoms with Crippen molar-refractivity contribution >= 4 is 15.9 Å². The number of halogens is 1. The minimum atomic E-state index is 0.642. The third-order valence-electron chi connectivity index (χ3n) is 1.50.